The second-order valence-electron chi connectivity index (χ2n) is 8.97. The minimum atomic E-state index is -0.804. The zero-order chi connectivity index (χ0) is 24.7. The van der Waals surface area contributed by atoms with Crippen molar-refractivity contribution in [1.82, 2.24) is 0 Å². The quantitative estimate of drug-likeness (QED) is 0.310. The highest BCUT2D eigenvalue weighted by atomic mass is 16.5. The summed E-state index contributed by atoms with van der Waals surface area (Å²) in [5.41, 5.74) is 3.79. The molecule has 1 saturated heterocycles. The second kappa shape index (κ2) is 8.95. The number of hydrogen-bond donors (Lipinski definition) is 1. The van der Waals surface area contributed by atoms with Gasteiger partial charge in [-0.1, -0.05) is 29.8 Å². The second-order valence-corrected chi connectivity index (χ2v) is 8.97. The number of benzene rings is 3. The number of aliphatic hydroxyl groups excluding tert-OH is 1. The Kier molecular flexibility index (Phi) is 5.81. The Bertz CT molecular complexity index is 1340. The Morgan fingerprint density at radius 2 is 1.86 bits per heavy atom. The molecule has 2 atom stereocenters. The lowest BCUT2D eigenvalue weighted by Gasteiger charge is -2.26. The maximum atomic E-state index is 13.4. The van der Waals surface area contributed by atoms with Crippen LogP contribution in [-0.2, 0) is 16.0 Å². The fourth-order valence-electron chi connectivity index (χ4n) is 4.79. The van der Waals surface area contributed by atoms with E-state index in [-0.39, 0.29) is 17.4 Å². The molecule has 0 saturated carbocycles. The molecule has 2 heterocycles. The van der Waals surface area contributed by atoms with Gasteiger partial charge in [-0.05, 0) is 74.4 Å². The number of fused-ring (bicyclic) bond motifs is 1. The maximum Gasteiger partial charge on any atom is 0.300 e. The zero-order valence-corrected chi connectivity index (χ0v) is 19.9. The fourth-order valence-corrected chi connectivity index (χ4v) is 4.79. The van der Waals surface area contributed by atoms with Crippen LogP contribution in [0.15, 0.2) is 72.3 Å². The summed E-state index contributed by atoms with van der Waals surface area (Å²) in [6.07, 6.45) is 0.768. The summed E-state index contributed by atoms with van der Waals surface area (Å²) < 4.78 is 11.5. The number of aryl methyl sites for hydroxylation is 1. The molecule has 1 fully saturated rings. The SMILES string of the molecule is CCOc1cccc(C2/C(=C(/O)c3ccc4c(c3)CC(C)O4)C(=O)C(=O)N2c2ccc(C)cc2)c1. The normalized spacial score (nSPS) is 20.6. The van der Waals surface area contributed by atoms with Gasteiger partial charge in [-0.25, -0.2) is 0 Å². The fraction of sp³-hybridized carbons (Fsp3) is 0.241. The molecule has 0 bridgehead atoms. The van der Waals surface area contributed by atoms with Gasteiger partial charge < -0.3 is 14.6 Å². The molecule has 0 radical (unpaired) electrons. The van der Waals surface area contributed by atoms with Crippen molar-refractivity contribution < 1.29 is 24.2 Å². The van der Waals surface area contributed by atoms with Crippen LogP contribution >= 0.6 is 0 Å². The molecule has 6 heteroatoms. The van der Waals surface area contributed by atoms with E-state index in [9.17, 15) is 14.7 Å². The largest absolute Gasteiger partial charge is 0.507 e. The van der Waals surface area contributed by atoms with E-state index in [2.05, 4.69) is 0 Å². The van der Waals surface area contributed by atoms with Gasteiger partial charge in [0.05, 0.1) is 18.2 Å². The van der Waals surface area contributed by atoms with E-state index in [1.54, 1.807) is 12.1 Å². The number of carbonyl (C=O) groups is 2. The van der Waals surface area contributed by atoms with Crippen LogP contribution in [0, 0.1) is 6.92 Å². The van der Waals surface area contributed by atoms with Crippen LogP contribution in [0.25, 0.3) is 5.76 Å². The van der Waals surface area contributed by atoms with Crippen LogP contribution in [0.5, 0.6) is 11.5 Å². The van der Waals surface area contributed by atoms with E-state index >= 15 is 0 Å². The predicted molar refractivity (Wildman–Crippen MR) is 134 cm³/mol. The molecule has 2 aliphatic heterocycles. The standard InChI is InChI=1S/C29H27NO5/c1-4-34-23-7-5-6-19(16-23)26-25(27(31)20-10-13-24-21(15-20)14-18(3)35-24)28(32)29(33)30(26)22-11-8-17(2)9-12-22/h5-13,15-16,18,26,31H,4,14H2,1-3H3/b27-25-. The number of anilines is 1. The summed E-state index contributed by atoms with van der Waals surface area (Å²) in [5.74, 6) is -0.203. The Hall–Kier alpha value is -4.06. The lowest BCUT2D eigenvalue weighted by Crippen LogP contribution is -2.29. The lowest BCUT2D eigenvalue weighted by atomic mass is 9.94. The van der Waals surface area contributed by atoms with Crippen LogP contribution in [0.3, 0.4) is 0 Å². The minimum absolute atomic E-state index is 0.0517. The van der Waals surface area contributed by atoms with E-state index in [0.29, 0.717) is 35.6 Å². The van der Waals surface area contributed by atoms with Gasteiger partial charge in [0, 0.05) is 17.7 Å². The molecule has 2 unspecified atom stereocenters. The molecule has 178 valence electrons. The van der Waals surface area contributed by atoms with E-state index < -0.39 is 17.7 Å². The highest BCUT2D eigenvalue weighted by Gasteiger charge is 2.47. The van der Waals surface area contributed by atoms with Crippen molar-refractivity contribution in [2.24, 2.45) is 0 Å². The van der Waals surface area contributed by atoms with Crippen LogP contribution in [-0.4, -0.2) is 29.5 Å². The molecule has 0 aromatic heterocycles. The smallest absolute Gasteiger partial charge is 0.300 e. The van der Waals surface area contributed by atoms with Gasteiger partial charge in [0.2, 0.25) is 0 Å². The predicted octanol–water partition coefficient (Wildman–Crippen LogP) is 5.34. The van der Waals surface area contributed by atoms with Crippen molar-refractivity contribution in [3.8, 4) is 11.5 Å². The van der Waals surface area contributed by atoms with Gasteiger partial charge in [-0.3, -0.25) is 14.5 Å². The van der Waals surface area contributed by atoms with E-state index in [0.717, 1.165) is 16.9 Å². The van der Waals surface area contributed by atoms with Gasteiger partial charge >= 0.3 is 0 Å². The first-order valence-corrected chi connectivity index (χ1v) is 11.8. The van der Waals surface area contributed by atoms with E-state index in [1.165, 1.54) is 4.90 Å². The van der Waals surface area contributed by atoms with E-state index in [4.69, 9.17) is 9.47 Å². The summed E-state index contributed by atoms with van der Waals surface area (Å²) in [4.78, 5) is 28.2. The molecule has 1 N–H and O–H groups in total. The van der Waals surface area contributed by atoms with Gasteiger partial charge in [0.25, 0.3) is 11.7 Å². The summed E-state index contributed by atoms with van der Waals surface area (Å²) >= 11 is 0. The van der Waals surface area contributed by atoms with Gasteiger partial charge in [0.15, 0.2) is 0 Å². The first kappa shape index (κ1) is 22.7. The van der Waals surface area contributed by atoms with Crippen LogP contribution < -0.4 is 14.4 Å². The first-order chi connectivity index (χ1) is 16.9. The number of rotatable bonds is 5. The molecule has 0 spiro atoms. The van der Waals surface area contributed by atoms with Gasteiger partial charge in [-0.2, -0.15) is 0 Å². The third-order valence-corrected chi connectivity index (χ3v) is 6.41. The van der Waals surface area contributed by atoms with Crippen molar-refractivity contribution in [2.45, 2.75) is 39.3 Å². The number of aliphatic hydroxyl groups is 1. The van der Waals surface area contributed by atoms with Crippen LogP contribution in [0.4, 0.5) is 5.69 Å². The van der Waals surface area contributed by atoms with Crippen molar-refractivity contribution in [3.63, 3.8) is 0 Å². The number of amides is 1. The molecule has 3 aromatic rings. The third kappa shape index (κ3) is 4.05. The summed E-state index contributed by atoms with van der Waals surface area (Å²) in [5, 5.41) is 11.4. The average molecular weight is 470 g/mol. The van der Waals surface area contributed by atoms with Crippen molar-refractivity contribution in [1.29, 1.82) is 0 Å². The molecular weight excluding hydrogens is 442 g/mol. The van der Waals surface area contributed by atoms with Crippen LogP contribution in [0.1, 0.15) is 42.1 Å². The molecule has 35 heavy (non-hydrogen) atoms. The topological polar surface area (TPSA) is 76.1 Å². The molecule has 1 amide bonds. The monoisotopic (exact) mass is 469 g/mol. The summed E-state index contributed by atoms with van der Waals surface area (Å²) in [7, 11) is 0. The molecule has 6 nitrogen and oxygen atoms in total. The molecular formula is C29H27NO5. The number of Topliss-reactive ketones (excluding diaryl/α,β-unsaturated/α-hetero) is 1. The number of hydrogen-bond acceptors (Lipinski definition) is 5. The van der Waals surface area contributed by atoms with Crippen molar-refractivity contribution in [3.05, 3.63) is 94.6 Å². The Morgan fingerprint density at radius 1 is 1.09 bits per heavy atom. The van der Waals surface area contributed by atoms with Gasteiger partial charge in [-0.15, -0.1) is 0 Å². The number of carbonyl (C=O) groups excluding carboxylic acids is 2. The van der Waals surface area contributed by atoms with Crippen molar-refractivity contribution >= 4 is 23.1 Å². The number of ketones is 1. The lowest BCUT2D eigenvalue weighted by molar-refractivity contribution is -0.132. The highest BCUT2D eigenvalue weighted by molar-refractivity contribution is 6.51. The van der Waals surface area contributed by atoms with Gasteiger partial charge in [0.1, 0.15) is 23.4 Å². The molecule has 2 aliphatic rings. The molecule has 3 aromatic carbocycles. The van der Waals surface area contributed by atoms with E-state index in [1.807, 2.05) is 75.4 Å². The molecule has 0 aliphatic carbocycles. The summed E-state index contributed by atoms with van der Waals surface area (Å²) in [6, 6.07) is 19.3. The Morgan fingerprint density at radius 3 is 2.60 bits per heavy atom. The minimum Gasteiger partial charge on any atom is -0.507 e. The third-order valence-electron chi connectivity index (χ3n) is 6.41. The summed E-state index contributed by atoms with van der Waals surface area (Å²) in [6.45, 7) is 6.32. The van der Waals surface area contributed by atoms with Crippen LogP contribution in [0.2, 0.25) is 0 Å². The zero-order valence-electron chi connectivity index (χ0n) is 19.9. The molecule has 5 rings (SSSR count). The Balaban J connectivity index is 1.68. The Labute approximate surface area is 204 Å². The first-order valence-electron chi connectivity index (χ1n) is 11.8. The maximum absolute atomic E-state index is 13.4. The highest BCUT2D eigenvalue weighted by Crippen LogP contribution is 2.43. The average Bonchev–Trinajstić information content (AvgIpc) is 3.35. The van der Waals surface area contributed by atoms with Crippen molar-refractivity contribution in [2.75, 3.05) is 11.5 Å². The number of ether oxygens (including phenoxy) is 2. The number of nitrogens with zero attached hydrogens (tertiary/aromatic N) is 1.